The minimum Gasteiger partial charge on any atom is -0.666 e. The molecule has 0 aromatic heterocycles. The molecule has 2 atom stereocenters. The summed E-state index contributed by atoms with van der Waals surface area (Å²) >= 11 is 0. The Hall–Kier alpha value is -1.47. The fourth-order valence-corrected chi connectivity index (χ4v) is 3.13. The van der Waals surface area contributed by atoms with Crippen LogP contribution in [0.5, 0.6) is 0 Å². The minimum absolute atomic E-state index is 0. The van der Waals surface area contributed by atoms with Crippen molar-refractivity contribution in [3.63, 3.8) is 0 Å². The average Bonchev–Trinajstić information content (AvgIpc) is 2.71. The maximum Gasteiger partial charge on any atom is 0.408 e. The predicted molar refractivity (Wildman–Crippen MR) is 97.1 cm³/mol. The molecule has 1 aliphatic heterocycles. The molecule has 0 spiro atoms. The molecule has 1 aromatic carbocycles. The van der Waals surface area contributed by atoms with Crippen LogP contribution in [-0.2, 0) is 53.6 Å². The molecule has 3 amide bonds. The number of amides is 3. The summed E-state index contributed by atoms with van der Waals surface area (Å²) in [6.45, 7) is 5.86. The van der Waals surface area contributed by atoms with Crippen LogP contribution in [-0.4, -0.2) is 41.4 Å². The molecule has 1 saturated heterocycles. The summed E-state index contributed by atoms with van der Waals surface area (Å²) in [6, 6.07) is 7.63. The van der Waals surface area contributed by atoms with Crippen molar-refractivity contribution < 1.29 is 51.8 Å². The van der Waals surface area contributed by atoms with Crippen LogP contribution in [0.2, 0.25) is 0 Å². The Morgan fingerprint density at radius 1 is 1.33 bits per heavy atom. The number of carbonyl (C=O) groups excluding carboxylic acids is 3. The molecule has 2 N–H and O–H groups in total. The van der Waals surface area contributed by atoms with Crippen LogP contribution in [0.4, 0.5) is 4.79 Å². The van der Waals surface area contributed by atoms with Crippen molar-refractivity contribution >= 4 is 17.9 Å². The standard InChI is InChI=1S/C19H27N3O4.Y/c1-13(16(20)23)22-11-7-10-19(2,3)15(17(22)24)21-18(25)26-12-14-8-5-4-6-9-14;/h4-6,8-9,13,15H,7,10-12H2,1-3H3,(H3,20,21,23,25);/p-1/t13-,15+;/m0./s1. The molecule has 0 aliphatic carbocycles. The van der Waals surface area contributed by atoms with Crippen LogP contribution in [0.3, 0.4) is 0 Å². The SMILES string of the molecule is C[C@@H](C([NH-])=O)N1CCCC(C)(C)[C@H](NC(=O)OCc2ccccc2)C1=O.[Y]. The van der Waals surface area contributed by atoms with E-state index in [2.05, 4.69) is 5.32 Å². The van der Waals surface area contributed by atoms with Gasteiger partial charge in [0.25, 0.3) is 0 Å². The van der Waals surface area contributed by atoms with Gasteiger partial charge in [-0.25, -0.2) is 4.79 Å². The number of hydrogen-bond donors (Lipinski definition) is 1. The fourth-order valence-electron chi connectivity index (χ4n) is 3.13. The molecule has 1 radical (unpaired) electrons. The van der Waals surface area contributed by atoms with E-state index in [0.29, 0.717) is 19.4 Å². The normalized spacial score (nSPS) is 20.0. The van der Waals surface area contributed by atoms with Gasteiger partial charge in [-0.05, 0) is 30.7 Å². The van der Waals surface area contributed by atoms with Crippen molar-refractivity contribution in [1.82, 2.24) is 10.2 Å². The summed E-state index contributed by atoms with van der Waals surface area (Å²) in [5, 5.41) is 2.67. The molecule has 0 bridgehead atoms. The minimum atomic E-state index is -0.832. The first-order chi connectivity index (χ1) is 12.2. The smallest absolute Gasteiger partial charge is 0.408 e. The first kappa shape index (κ1) is 23.6. The largest absolute Gasteiger partial charge is 0.666 e. The Morgan fingerprint density at radius 2 is 1.96 bits per heavy atom. The maximum absolute atomic E-state index is 12.9. The Balaban J connectivity index is 0.00000364. The summed E-state index contributed by atoms with van der Waals surface area (Å²) in [6.07, 6.45) is 0.734. The number of nitrogens with zero attached hydrogens (tertiary/aromatic N) is 1. The summed E-state index contributed by atoms with van der Waals surface area (Å²) < 4.78 is 5.23. The third-order valence-electron chi connectivity index (χ3n) is 4.85. The zero-order valence-electron chi connectivity index (χ0n) is 16.0. The van der Waals surface area contributed by atoms with Gasteiger partial charge in [-0.1, -0.05) is 44.2 Å². The summed E-state index contributed by atoms with van der Waals surface area (Å²) in [5.74, 6) is -1.17. The molecule has 0 saturated carbocycles. The molecule has 27 heavy (non-hydrogen) atoms. The molecule has 145 valence electrons. The zero-order chi connectivity index (χ0) is 19.3. The van der Waals surface area contributed by atoms with E-state index in [4.69, 9.17) is 10.5 Å². The van der Waals surface area contributed by atoms with Gasteiger partial charge in [0.15, 0.2) is 0 Å². The van der Waals surface area contributed by atoms with Gasteiger partial charge in [-0.15, -0.1) is 0 Å². The Kier molecular flexibility index (Phi) is 8.89. The average molecular weight is 449 g/mol. The first-order valence-electron chi connectivity index (χ1n) is 8.75. The summed E-state index contributed by atoms with van der Waals surface area (Å²) in [5.41, 5.74) is 7.67. The molecule has 1 aliphatic rings. The fraction of sp³-hybridized carbons (Fsp3) is 0.526. The number of benzene rings is 1. The van der Waals surface area contributed by atoms with Gasteiger partial charge < -0.3 is 25.5 Å². The quantitative estimate of drug-likeness (QED) is 0.747. The molecular weight excluding hydrogens is 423 g/mol. The molecule has 1 heterocycles. The molecule has 2 rings (SSSR count). The third kappa shape index (κ3) is 6.28. The van der Waals surface area contributed by atoms with Crippen LogP contribution in [0.15, 0.2) is 30.3 Å². The van der Waals surface area contributed by atoms with E-state index in [1.807, 2.05) is 44.2 Å². The van der Waals surface area contributed by atoms with E-state index in [1.54, 1.807) is 0 Å². The van der Waals surface area contributed by atoms with Crippen LogP contribution >= 0.6 is 0 Å². The van der Waals surface area contributed by atoms with Crippen molar-refractivity contribution in [2.45, 2.75) is 52.3 Å². The summed E-state index contributed by atoms with van der Waals surface area (Å²) in [7, 11) is 0. The van der Waals surface area contributed by atoms with Gasteiger partial charge in [0.1, 0.15) is 12.6 Å². The third-order valence-corrected chi connectivity index (χ3v) is 4.85. The molecule has 1 fully saturated rings. The molecule has 0 unspecified atom stereocenters. The number of ether oxygens (including phenoxy) is 1. The maximum atomic E-state index is 12.9. The predicted octanol–water partition coefficient (Wildman–Crippen LogP) is 2.89. The van der Waals surface area contributed by atoms with Crippen molar-refractivity contribution in [3.05, 3.63) is 41.6 Å². The first-order valence-corrected chi connectivity index (χ1v) is 8.75. The van der Waals surface area contributed by atoms with E-state index in [-0.39, 0.29) is 45.2 Å². The van der Waals surface area contributed by atoms with Crippen molar-refractivity contribution in [1.29, 1.82) is 0 Å². The van der Waals surface area contributed by atoms with Gasteiger partial charge >= 0.3 is 6.09 Å². The van der Waals surface area contributed by atoms with E-state index < -0.39 is 29.5 Å². The van der Waals surface area contributed by atoms with Gasteiger partial charge in [0.05, 0.1) is 11.9 Å². The van der Waals surface area contributed by atoms with Gasteiger partial charge in [0.2, 0.25) is 5.91 Å². The Morgan fingerprint density at radius 3 is 2.56 bits per heavy atom. The van der Waals surface area contributed by atoms with Crippen LogP contribution in [0, 0.1) is 5.41 Å². The van der Waals surface area contributed by atoms with E-state index in [1.165, 1.54) is 11.8 Å². The van der Waals surface area contributed by atoms with Crippen LogP contribution < -0.4 is 5.32 Å². The number of alkyl carbamates (subject to hydrolysis) is 1. The van der Waals surface area contributed by atoms with E-state index in [9.17, 15) is 14.4 Å². The zero-order valence-corrected chi connectivity index (χ0v) is 18.9. The van der Waals surface area contributed by atoms with E-state index in [0.717, 1.165) is 5.56 Å². The number of nitrogens with one attached hydrogen (secondary N) is 2. The van der Waals surface area contributed by atoms with Gasteiger partial charge in [-0.3, -0.25) is 4.79 Å². The number of hydrogen-bond acceptors (Lipinski definition) is 4. The van der Waals surface area contributed by atoms with Crippen LogP contribution in [0.1, 0.15) is 39.2 Å². The van der Waals surface area contributed by atoms with Crippen molar-refractivity contribution in [2.24, 2.45) is 5.41 Å². The van der Waals surface area contributed by atoms with Crippen LogP contribution in [0.25, 0.3) is 5.73 Å². The monoisotopic (exact) mass is 449 g/mol. The molecular formula is C19H26N3O4Y-. The molecule has 8 heteroatoms. The second-order valence-electron chi connectivity index (χ2n) is 7.30. The summed E-state index contributed by atoms with van der Waals surface area (Å²) in [4.78, 5) is 38.0. The Labute approximate surface area is 185 Å². The molecule has 7 nitrogen and oxygen atoms in total. The van der Waals surface area contributed by atoms with Gasteiger partial charge in [-0.2, -0.15) is 0 Å². The Bertz CT molecular complexity index is 666. The second kappa shape index (κ2) is 10.2. The topological polar surface area (TPSA) is 99.5 Å². The van der Waals surface area contributed by atoms with Crippen molar-refractivity contribution in [3.8, 4) is 0 Å². The van der Waals surface area contributed by atoms with Crippen molar-refractivity contribution in [2.75, 3.05) is 6.54 Å². The van der Waals surface area contributed by atoms with E-state index >= 15 is 0 Å². The number of rotatable bonds is 5. The molecule has 1 aromatic rings. The van der Waals surface area contributed by atoms with Gasteiger partial charge in [0, 0.05) is 39.3 Å². The second-order valence-corrected chi connectivity index (χ2v) is 7.30. The number of likely N-dealkylation sites (tertiary alicyclic amines) is 1. The number of carbonyl (C=O) groups is 3.